The van der Waals surface area contributed by atoms with Gasteiger partial charge in [-0.25, -0.2) is 4.39 Å². The quantitative estimate of drug-likeness (QED) is 0.818. The van der Waals surface area contributed by atoms with Crippen LogP contribution in [-0.2, 0) is 6.67 Å². The summed E-state index contributed by atoms with van der Waals surface area (Å²) in [5.74, 6) is 0.486. The summed E-state index contributed by atoms with van der Waals surface area (Å²) in [7, 11) is 0. The summed E-state index contributed by atoms with van der Waals surface area (Å²) in [5.41, 5.74) is 1.81. The molecule has 0 spiro atoms. The van der Waals surface area contributed by atoms with Gasteiger partial charge in [0.15, 0.2) is 0 Å². The van der Waals surface area contributed by atoms with E-state index in [0.29, 0.717) is 16.5 Å². The van der Waals surface area contributed by atoms with Crippen molar-refractivity contribution in [3.05, 3.63) is 34.3 Å². The van der Waals surface area contributed by atoms with Gasteiger partial charge in [0.2, 0.25) is 0 Å². The average Bonchev–Trinajstić information content (AvgIpc) is 2.30. The predicted molar refractivity (Wildman–Crippen MR) is 61.1 cm³/mol. The number of hydrogen-bond donors (Lipinski definition) is 1. The second-order valence-corrected chi connectivity index (χ2v) is 4.44. The summed E-state index contributed by atoms with van der Waals surface area (Å²) in [6.07, 6.45) is 2.35. The van der Waals surface area contributed by atoms with E-state index < -0.39 is 6.67 Å². The van der Waals surface area contributed by atoms with Gasteiger partial charge < -0.3 is 5.32 Å². The molecule has 1 fully saturated rings. The summed E-state index contributed by atoms with van der Waals surface area (Å²) in [6, 6.07) is 5.54. The topological polar surface area (TPSA) is 12.0 Å². The summed E-state index contributed by atoms with van der Waals surface area (Å²) in [6.45, 7) is 1.63. The zero-order valence-electron chi connectivity index (χ0n) is 8.60. The van der Waals surface area contributed by atoms with Crippen LogP contribution in [0.1, 0.15) is 29.9 Å². The van der Waals surface area contributed by atoms with Crippen LogP contribution in [0, 0.1) is 0 Å². The normalized spacial score (nSPS) is 21.6. The Labute approximate surface area is 94.6 Å². The van der Waals surface area contributed by atoms with Gasteiger partial charge in [0.1, 0.15) is 6.67 Å². The molecule has 1 atom stereocenters. The van der Waals surface area contributed by atoms with Crippen LogP contribution in [0.3, 0.4) is 0 Å². The van der Waals surface area contributed by atoms with Gasteiger partial charge in [0.25, 0.3) is 0 Å². The minimum atomic E-state index is -0.442. The summed E-state index contributed by atoms with van der Waals surface area (Å²) < 4.78 is 12.4. The largest absolute Gasteiger partial charge is 0.316 e. The van der Waals surface area contributed by atoms with Crippen LogP contribution in [0.15, 0.2) is 18.2 Å². The van der Waals surface area contributed by atoms with E-state index in [2.05, 4.69) is 5.32 Å². The van der Waals surface area contributed by atoms with Gasteiger partial charge >= 0.3 is 0 Å². The fraction of sp³-hybridized carbons (Fsp3) is 0.500. The van der Waals surface area contributed by atoms with Crippen molar-refractivity contribution in [3.63, 3.8) is 0 Å². The first kappa shape index (κ1) is 10.9. The highest BCUT2D eigenvalue weighted by Gasteiger charge is 2.17. The first-order chi connectivity index (χ1) is 7.31. The number of benzene rings is 1. The van der Waals surface area contributed by atoms with E-state index in [-0.39, 0.29) is 0 Å². The van der Waals surface area contributed by atoms with Crippen LogP contribution in [-0.4, -0.2) is 13.1 Å². The Kier molecular flexibility index (Phi) is 3.60. The molecule has 1 aliphatic heterocycles. The molecule has 1 nitrogen and oxygen atoms in total. The van der Waals surface area contributed by atoms with Gasteiger partial charge in [0, 0.05) is 11.6 Å². The van der Waals surface area contributed by atoms with Crippen LogP contribution >= 0.6 is 11.6 Å². The van der Waals surface area contributed by atoms with Crippen molar-refractivity contribution in [3.8, 4) is 0 Å². The molecule has 1 unspecified atom stereocenters. The molecule has 2 rings (SSSR count). The molecule has 0 amide bonds. The van der Waals surface area contributed by atoms with E-state index in [0.717, 1.165) is 18.7 Å². The minimum Gasteiger partial charge on any atom is -0.316 e. The van der Waals surface area contributed by atoms with E-state index in [4.69, 9.17) is 11.6 Å². The molecule has 1 aromatic carbocycles. The smallest absolute Gasteiger partial charge is 0.115 e. The number of alkyl halides is 1. The monoisotopic (exact) mass is 227 g/mol. The standard InChI is InChI=1S/C12H15ClFN/c13-12-6-9(7-14)3-4-11(12)10-2-1-5-15-8-10/h3-4,6,10,15H,1-2,5,7-8H2. The summed E-state index contributed by atoms with van der Waals surface area (Å²) >= 11 is 6.15. The highest BCUT2D eigenvalue weighted by Crippen LogP contribution is 2.30. The molecule has 0 aromatic heterocycles. The zero-order chi connectivity index (χ0) is 10.7. The van der Waals surface area contributed by atoms with Crippen molar-refractivity contribution in [2.24, 2.45) is 0 Å². The third-order valence-corrected chi connectivity index (χ3v) is 3.28. The third-order valence-electron chi connectivity index (χ3n) is 2.96. The number of piperidine rings is 1. The second-order valence-electron chi connectivity index (χ2n) is 4.03. The molecule has 0 bridgehead atoms. The van der Waals surface area contributed by atoms with Crippen LogP contribution in [0.4, 0.5) is 4.39 Å². The van der Waals surface area contributed by atoms with Gasteiger partial charge in [-0.3, -0.25) is 0 Å². The van der Waals surface area contributed by atoms with Gasteiger partial charge in [-0.2, -0.15) is 0 Å². The molecular weight excluding hydrogens is 213 g/mol. The summed E-state index contributed by atoms with van der Waals surface area (Å²) in [4.78, 5) is 0. The lowest BCUT2D eigenvalue weighted by molar-refractivity contribution is 0.460. The molecule has 1 heterocycles. The molecule has 1 saturated heterocycles. The maximum Gasteiger partial charge on any atom is 0.115 e. The van der Waals surface area contributed by atoms with Crippen molar-refractivity contribution in [2.45, 2.75) is 25.4 Å². The van der Waals surface area contributed by atoms with Gasteiger partial charge in [0.05, 0.1) is 0 Å². The van der Waals surface area contributed by atoms with E-state index in [1.165, 1.54) is 12.8 Å². The number of halogens is 2. The minimum absolute atomic E-state index is 0.442. The molecule has 15 heavy (non-hydrogen) atoms. The lowest BCUT2D eigenvalue weighted by Crippen LogP contribution is -2.28. The first-order valence-corrected chi connectivity index (χ1v) is 5.74. The predicted octanol–water partition coefficient (Wildman–Crippen LogP) is 3.28. The van der Waals surface area contributed by atoms with Crippen LogP contribution < -0.4 is 5.32 Å². The maximum atomic E-state index is 12.4. The van der Waals surface area contributed by atoms with E-state index >= 15 is 0 Å². The van der Waals surface area contributed by atoms with Crippen molar-refractivity contribution < 1.29 is 4.39 Å². The van der Waals surface area contributed by atoms with Crippen LogP contribution in [0.5, 0.6) is 0 Å². The Balaban J connectivity index is 2.19. The maximum absolute atomic E-state index is 12.4. The molecule has 0 saturated carbocycles. The van der Waals surface area contributed by atoms with E-state index in [1.54, 1.807) is 6.07 Å². The molecule has 1 aliphatic rings. The van der Waals surface area contributed by atoms with Gasteiger partial charge in [-0.05, 0) is 42.5 Å². The molecule has 0 aliphatic carbocycles. The van der Waals surface area contributed by atoms with E-state index in [1.807, 2.05) is 12.1 Å². The Morgan fingerprint density at radius 1 is 1.47 bits per heavy atom. The van der Waals surface area contributed by atoms with Gasteiger partial charge in [-0.1, -0.05) is 23.7 Å². The Hall–Kier alpha value is -0.600. The second kappa shape index (κ2) is 4.95. The molecule has 0 radical (unpaired) electrons. The Morgan fingerprint density at radius 2 is 2.33 bits per heavy atom. The van der Waals surface area contributed by atoms with Crippen molar-refractivity contribution in [2.75, 3.05) is 13.1 Å². The molecule has 82 valence electrons. The van der Waals surface area contributed by atoms with Crippen molar-refractivity contribution in [1.82, 2.24) is 5.32 Å². The number of nitrogens with one attached hydrogen (secondary N) is 1. The first-order valence-electron chi connectivity index (χ1n) is 5.36. The lowest BCUT2D eigenvalue weighted by Gasteiger charge is -2.24. The number of hydrogen-bond acceptors (Lipinski definition) is 1. The molecule has 1 aromatic rings. The molecule has 3 heteroatoms. The van der Waals surface area contributed by atoms with Crippen molar-refractivity contribution in [1.29, 1.82) is 0 Å². The van der Waals surface area contributed by atoms with Gasteiger partial charge in [-0.15, -0.1) is 0 Å². The molecular formula is C12H15ClFN. The van der Waals surface area contributed by atoms with Crippen molar-refractivity contribution >= 4 is 11.6 Å². The molecule has 1 N–H and O–H groups in total. The van der Waals surface area contributed by atoms with Crippen LogP contribution in [0.25, 0.3) is 0 Å². The lowest BCUT2D eigenvalue weighted by atomic mass is 9.91. The highest BCUT2D eigenvalue weighted by atomic mass is 35.5. The fourth-order valence-electron chi connectivity index (χ4n) is 2.10. The third kappa shape index (κ3) is 2.50. The van der Waals surface area contributed by atoms with Crippen LogP contribution in [0.2, 0.25) is 5.02 Å². The number of rotatable bonds is 2. The highest BCUT2D eigenvalue weighted by molar-refractivity contribution is 6.31. The summed E-state index contributed by atoms with van der Waals surface area (Å²) in [5, 5.41) is 4.06. The van der Waals surface area contributed by atoms with E-state index in [9.17, 15) is 4.39 Å². The fourth-order valence-corrected chi connectivity index (χ4v) is 2.46. The SMILES string of the molecule is FCc1ccc(C2CCCNC2)c(Cl)c1. The average molecular weight is 228 g/mol. The Morgan fingerprint density at radius 3 is 2.93 bits per heavy atom. The zero-order valence-corrected chi connectivity index (χ0v) is 9.36. The Bertz CT molecular complexity index is 334.